The molecule has 7 heteroatoms. The van der Waals surface area contributed by atoms with Crippen LogP contribution in [0.15, 0.2) is 54.6 Å². The van der Waals surface area contributed by atoms with Crippen LogP contribution in [0.3, 0.4) is 0 Å². The lowest BCUT2D eigenvalue weighted by Gasteiger charge is -2.19. The number of aliphatic hydroxyl groups excluding tert-OH is 1. The summed E-state index contributed by atoms with van der Waals surface area (Å²) in [6.07, 6.45) is 1.20. The van der Waals surface area contributed by atoms with Gasteiger partial charge in [0.2, 0.25) is 5.91 Å². The first kappa shape index (κ1) is 25.4. The number of benzene rings is 2. The van der Waals surface area contributed by atoms with E-state index in [-0.39, 0.29) is 37.0 Å². The molecule has 0 aliphatic heterocycles. The summed E-state index contributed by atoms with van der Waals surface area (Å²) in [4.78, 5) is 24.6. The molecule has 2 amide bonds. The third-order valence-corrected chi connectivity index (χ3v) is 4.85. The number of aliphatic hydroxyl groups is 1. The summed E-state index contributed by atoms with van der Waals surface area (Å²) < 4.78 is 5.60. The minimum Gasteiger partial charge on any atom is -0.489 e. The van der Waals surface area contributed by atoms with Crippen molar-refractivity contribution >= 4 is 29.1 Å². The highest BCUT2D eigenvalue weighted by molar-refractivity contribution is 6.32. The van der Waals surface area contributed by atoms with Crippen molar-refractivity contribution in [1.82, 2.24) is 5.32 Å². The Morgan fingerprint density at radius 1 is 1.16 bits per heavy atom. The van der Waals surface area contributed by atoms with Crippen LogP contribution in [0.1, 0.15) is 49.5 Å². The molecule has 32 heavy (non-hydrogen) atoms. The van der Waals surface area contributed by atoms with Crippen molar-refractivity contribution in [2.24, 2.45) is 0 Å². The van der Waals surface area contributed by atoms with Gasteiger partial charge in [0.1, 0.15) is 5.75 Å². The topological polar surface area (TPSA) is 87.7 Å². The van der Waals surface area contributed by atoms with Gasteiger partial charge in [-0.25, -0.2) is 0 Å². The van der Waals surface area contributed by atoms with Gasteiger partial charge in [0.25, 0.3) is 5.91 Å². The smallest absolute Gasteiger partial charge is 0.251 e. The van der Waals surface area contributed by atoms with Crippen LogP contribution >= 0.6 is 11.6 Å². The SMILES string of the molecule is C=C(C)CC(=O)Nc1ccc(C[C@@H](CCO)NC(=O)c2ccc(OC(C)C)c(Cl)c2)cc1. The van der Waals surface area contributed by atoms with Crippen molar-refractivity contribution in [3.8, 4) is 5.75 Å². The van der Waals surface area contributed by atoms with Crippen LogP contribution in [0, 0.1) is 0 Å². The van der Waals surface area contributed by atoms with E-state index in [1.807, 2.05) is 38.1 Å². The van der Waals surface area contributed by atoms with Crippen LogP contribution < -0.4 is 15.4 Å². The normalized spacial score (nSPS) is 11.7. The summed E-state index contributed by atoms with van der Waals surface area (Å²) in [5.74, 6) is 0.143. The Morgan fingerprint density at radius 3 is 2.41 bits per heavy atom. The van der Waals surface area contributed by atoms with Gasteiger partial charge >= 0.3 is 0 Å². The second-order valence-electron chi connectivity index (χ2n) is 8.08. The van der Waals surface area contributed by atoms with E-state index in [2.05, 4.69) is 17.2 Å². The zero-order valence-electron chi connectivity index (χ0n) is 18.8. The lowest BCUT2D eigenvalue weighted by atomic mass is 10.0. The van der Waals surface area contributed by atoms with Gasteiger partial charge in [0.05, 0.1) is 11.1 Å². The molecular formula is C25H31ClN2O4. The fourth-order valence-electron chi connectivity index (χ4n) is 3.13. The second kappa shape index (κ2) is 12.3. The summed E-state index contributed by atoms with van der Waals surface area (Å²) in [5, 5.41) is 15.6. The van der Waals surface area contributed by atoms with E-state index in [1.54, 1.807) is 25.1 Å². The molecule has 2 aromatic rings. The lowest BCUT2D eigenvalue weighted by Crippen LogP contribution is -2.37. The molecule has 3 N–H and O–H groups in total. The molecule has 6 nitrogen and oxygen atoms in total. The van der Waals surface area contributed by atoms with Gasteiger partial charge < -0.3 is 20.5 Å². The van der Waals surface area contributed by atoms with E-state index in [4.69, 9.17) is 16.3 Å². The largest absolute Gasteiger partial charge is 0.489 e. The fourth-order valence-corrected chi connectivity index (χ4v) is 3.35. The first-order chi connectivity index (χ1) is 15.2. The number of amides is 2. The number of hydrogen-bond donors (Lipinski definition) is 3. The molecule has 2 rings (SSSR count). The molecule has 0 saturated heterocycles. The highest BCUT2D eigenvalue weighted by Gasteiger charge is 2.16. The fraction of sp³-hybridized carbons (Fsp3) is 0.360. The van der Waals surface area contributed by atoms with Gasteiger partial charge in [-0.2, -0.15) is 0 Å². The molecule has 0 aromatic heterocycles. The number of carbonyl (C=O) groups is 2. The third kappa shape index (κ3) is 8.36. The average Bonchev–Trinajstić information content (AvgIpc) is 2.70. The molecule has 0 saturated carbocycles. The van der Waals surface area contributed by atoms with E-state index < -0.39 is 0 Å². The lowest BCUT2D eigenvalue weighted by molar-refractivity contribution is -0.115. The van der Waals surface area contributed by atoms with Gasteiger partial charge in [0.15, 0.2) is 0 Å². The van der Waals surface area contributed by atoms with Crippen molar-refractivity contribution in [3.63, 3.8) is 0 Å². The molecule has 172 valence electrons. The van der Waals surface area contributed by atoms with Gasteiger partial charge in [0, 0.05) is 30.3 Å². The maximum Gasteiger partial charge on any atom is 0.251 e. The molecule has 0 unspecified atom stereocenters. The Labute approximate surface area is 194 Å². The van der Waals surface area contributed by atoms with Gasteiger partial charge in [-0.05, 0) is 69.5 Å². The minimum absolute atomic E-state index is 0.0214. The maximum atomic E-state index is 12.7. The first-order valence-electron chi connectivity index (χ1n) is 10.6. The second-order valence-corrected chi connectivity index (χ2v) is 8.48. The number of anilines is 1. The Balaban J connectivity index is 2.01. The number of rotatable bonds is 11. The number of hydrogen-bond acceptors (Lipinski definition) is 4. The zero-order valence-corrected chi connectivity index (χ0v) is 19.5. The van der Waals surface area contributed by atoms with Gasteiger partial charge in [-0.1, -0.05) is 35.9 Å². The van der Waals surface area contributed by atoms with Crippen molar-refractivity contribution in [3.05, 3.63) is 70.8 Å². The van der Waals surface area contributed by atoms with Crippen LogP contribution in [0.25, 0.3) is 0 Å². The molecule has 0 aliphatic rings. The van der Waals surface area contributed by atoms with E-state index in [1.165, 1.54) is 0 Å². The highest BCUT2D eigenvalue weighted by atomic mass is 35.5. The molecule has 0 fully saturated rings. The van der Waals surface area contributed by atoms with Crippen LogP contribution in [0.4, 0.5) is 5.69 Å². The van der Waals surface area contributed by atoms with Gasteiger partial charge in [-0.3, -0.25) is 9.59 Å². The molecule has 2 aromatic carbocycles. The summed E-state index contributed by atoms with van der Waals surface area (Å²) >= 11 is 6.24. The molecule has 0 spiro atoms. The summed E-state index contributed by atoms with van der Waals surface area (Å²) in [5.41, 5.74) is 2.89. The third-order valence-electron chi connectivity index (χ3n) is 4.55. The molecular weight excluding hydrogens is 428 g/mol. The Bertz CT molecular complexity index is 941. The summed E-state index contributed by atoms with van der Waals surface area (Å²) in [7, 11) is 0. The van der Waals surface area contributed by atoms with Crippen molar-refractivity contribution in [2.45, 2.75) is 52.2 Å². The minimum atomic E-state index is -0.273. The quantitative estimate of drug-likeness (QED) is 0.424. The molecule has 0 bridgehead atoms. The summed E-state index contributed by atoms with van der Waals surface area (Å²) in [6, 6.07) is 12.1. The molecule has 0 aliphatic carbocycles. The monoisotopic (exact) mass is 458 g/mol. The number of halogens is 1. The Kier molecular flexibility index (Phi) is 9.75. The van der Waals surface area contributed by atoms with E-state index in [9.17, 15) is 14.7 Å². The van der Waals surface area contributed by atoms with E-state index in [0.29, 0.717) is 34.9 Å². The number of carbonyl (C=O) groups excluding carboxylic acids is 2. The van der Waals surface area contributed by atoms with Crippen LogP contribution in [0.2, 0.25) is 5.02 Å². The van der Waals surface area contributed by atoms with E-state index in [0.717, 1.165) is 11.1 Å². The Hall–Kier alpha value is -2.83. The van der Waals surface area contributed by atoms with Gasteiger partial charge in [-0.15, -0.1) is 0 Å². The highest BCUT2D eigenvalue weighted by Crippen LogP contribution is 2.26. The van der Waals surface area contributed by atoms with Crippen LogP contribution in [-0.2, 0) is 11.2 Å². The van der Waals surface area contributed by atoms with Crippen molar-refractivity contribution < 1.29 is 19.4 Å². The molecule has 0 radical (unpaired) electrons. The van der Waals surface area contributed by atoms with Crippen LogP contribution in [0.5, 0.6) is 5.75 Å². The molecule has 0 heterocycles. The summed E-state index contributed by atoms with van der Waals surface area (Å²) in [6.45, 7) is 9.29. The predicted molar refractivity (Wildman–Crippen MR) is 128 cm³/mol. The van der Waals surface area contributed by atoms with E-state index >= 15 is 0 Å². The predicted octanol–water partition coefficient (Wildman–Crippen LogP) is 4.76. The van der Waals surface area contributed by atoms with Crippen molar-refractivity contribution in [2.75, 3.05) is 11.9 Å². The maximum absolute atomic E-state index is 12.7. The standard InChI is InChI=1S/C25H31ClN2O4/c1-16(2)13-24(30)27-20-8-5-18(6-9-20)14-21(11-12-29)28-25(31)19-7-10-23(22(26)15-19)32-17(3)4/h5-10,15,17,21,29H,1,11-14H2,2-4H3,(H,27,30)(H,28,31)/t21-/m1/s1. The number of nitrogens with one attached hydrogen (secondary N) is 2. The Morgan fingerprint density at radius 2 is 1.84 bits per heavy atom. The first-order valence-corrected chi connectivity index (χ1v) is 11.0. The van der Waals surface area contributed by atoms with Crippen molar-refractivity contribution in [1.29, 1.82) is 0 Å². The molecule has 1 atom stereocenters. The number of ether oxygens (including phenoxy) is 1. The van der Waals surface area contributed by atoms with Crippen LogP contribution in [-0.4, -0.2) is 35.7 Å². The zero-order chi connectivity index (χ0) is 23.7. The average molecular weight is 459 g/mol.